The fourth-order valence-electron chi connectivity index (χ4n) is 5.56. The lowest BCUT2D eigenvalue weighted by Crippen LogP contribution is -2.45. The zero-order valence-corrected chi connectivity index (χ0v) is 23.2. The molecule has 0 spiro atoms. The lowest BCUT2D eigenvalue weighted by Gasteiger charge is -2.38. The number of nitrogens with zero attached hydrogens (tertiary/aromatic N) is 3. The van der Waals surface area contributed by atoms with Gasteiger partial charge in [0, 0.05) is 67.8 Å². The Morgan fingerprint density at radius 3 is 2.44 bits per heavy atom. The zero-order chi connectivity index (χ0) is 27.8. The van der Waals surface area contributed by atoms with Crippen molar-refractivity contribution in [1.82, 2.24) is 15.2 Å². The van der Waals surface area contributed by atoms with E-state index in [-0.39, 0.29) is 17.9 Å². The van der Waals surface area contributed by atoms with E-state index in [0.29, 0.717) is 11.7 Å². The Morgan fingerprint density at radius 1 is 1.08 bits per heavy atom. The van der Waals surface area contributed by atoms with E-state index in [0.717, 1.165) is 62.9 Å². The fraction of sp³-hybridized carbons (Fsp3) is 0.406. The van der Waals surface area contributed by atoms with Gasteiger partial charge in [-0.3, -0.25) is 14.6 Å². The first-order valence-electron chi connectivity index (χ1n) is 13.9. The third kappa shape index (κ3) is 6.96. The number of pyridine rings is 1. The van der Waals surface area contributed by atoms with E-state index in [1.165, 1.54) is 16.8 Å². The van der Waals surface area contributed by atoms with Gasteiger partial charge in [0.15, 0.2) is 0 Å². The predicted molar refractivity (Wildman–Crippen MR) is 155 cm³/mol. The van der Waals surface area contributed by atoms with Gasteiger partial charge in [0.1, 0.15) is 5.75 Å². The number of aryl methyl sites for hydroxylation is 1. The molecule has 2 N–H and O–H groups in total. The molecule has 1 saturated heterocycles. The van der Waals surface area contributed by atoms with Crippen molar-refractivity contribution in [3.63, 3.8) is 0 Å². The molecule has 5 rings (SSSR count). The summed E-state index contributed by atoms with van der Waals surface area (Å²) < 4.78 is 0. The highest BCUT2D eigenvalue weighted by Gasteiger charge is 2.29. The number of anilines is 1. The molecule has 2 aliphatic rings. The van der Waals surface area contributed by atoms with Crippen molar-refractivity contribution in [2.45, 2.75) is 51.5 Å². The van der Waals surface area contributed by atoms with Crippen molar-refractivity contribution in [3.05, 3.63) is 89.2 Å². The van der Waals surface area contributed by atoms with Crippen molar-refractivity contribution in [2.75, 3.05) is 31.6 Å². The Labute approximate surface area is 231 Å². The number of aromatic hydroxyl groups is 1. The van der Waals surface area contributed by atoms with Crippen molar-refractivity contribution in [2.24, 2.45) is 5.92 Å². The topological polar surface area (TPSA) is 85.8 Å². The predicted octanol–water partition coefficient (Wildman–Crippen LogP) is 4.99. The van der Waals surface area contributed by atoms with E-state index in [2.05, 4.69) is 41.2 Å². The van der Waals surface area contributed by atoms with E-state index in [1.807, 2.05) is 60.7 Å². The largest absolute Gasteiger partial charge is 0.508 e. The molecule has 1 aliphatic heterocycles. The molecule has 0 bridgehead atoms. The quantitative estimate of drug-likeness (QED) is 0.422. The third-order valence-corrected chi connectivity index (χ3v) is 7.75. The summed E-state index contributed by atoms with van der Waals surface area (Å²) in [6.07, 6.45) is 8.23. The second-order valence-corrected chi connectivity index (χ2v) is 10.8. The normalized spacial score (nSPS) is 16.7. The molecule has 0 saturated carbocycles. The first kappa shape index (κ1) is 28.1. The summed E-state index contributed by atoms with van der Waals surface area (Å²) in [7, 11) is 1.93. The van der Waals surface area contributed by atoms with E-state index in [9.17, 15) is 14.7 Å². The number of carbonyl (C=O) groups excluding carboxylic acids is 2. The number of rotatable bonds is 7. The maximum Gasteiger partial charge on any atom is 0.253 e. The number of aromatic nitrogens is 1. The molecule has 2 amide bonds. The van der Waals surface area contributed by atoms with E-state index >= 15 is 0 Å². The standard InChI is InChI=1S/C27H29N3O2.C5H11NO/c1-29(21-12-16-30(17-13-21)22-10-14-28-15-11-22)27(32)20-7-6-19-8-9-23(25(19)18-20)24-4-2-3-5-26(24)31;1-5(2)3-6-4-7/h2-7,10-11,14-15,18,21,23,31H,8-9,12-13,16-17H2,1H3;4-5H,3H2,1-2H3,(H,6,7). The Bertz CT molecular complexity index is 1240. The third-order valence-electron chi connectivity index (χ3n) is 7.75. The van der Waals surface area contributed by atoms with Crippen LogP contribution in [0.2, 0.25) is 0 Å². The smallest absolute Gasteiger partial charge is 0.253 e. The van der Waals surface area contributed by atoms with Crippen LogP contribution in [0.3, 0.4) is 0 Å². The number of para-hydroxylation sites is 1. The van der Waals surface area contributed by atoms with Crippen LogP contribution in [0.15, 0.2) is 67.0 Å². The zero-order valence-electron chi connectivity index (χ0n) is 23.2. The molecule has 1 aromatic heterocycles. The summed E-state index contributed by atoms with van der Waals surface area (Å²) >= 11 is 0. The minimum atomic E-state index is 0.0816. The molecular weight excluding hydrogens is 488 g/mol. The second kappa shape index (κ2) is 13.3. The summed E-state index contributed by atoms with van der Waals surface area (Å²) in [5, 5.41) is 12.9. The van der Waals surface area contributed by atoms with Gasteiger partial charge in [-0.05, 0) is 73.1 Å². The van der Waals surface area contributed by atoms with Crippen LogP contribution < -0.4 is 10.2 Å². The molecule has 1 atom stereocenters. The first-order valence-corrected chi connectivity index (χ1v) is 13.9. The molecule has 206 valence electrons. The van der Waals surface area contributed by atoms with E-state index < -0.39 is 0 Å². The monoisotopic (exact) mass is 528 g/mol. The minimum Gasteiger partial charge on any atom is -0.508 e. The summed E-state index contributed by atoms with van der Waals surface area (Å²) in [5.74, 6) is 1.12. The molecule has 1 unspecified atom stereocenters. The van der Waals surface area contributed by atoms with Gasteiger partial charge in [0.25, 0.3) is 5.91 Å². The van der Waals surface area contributed by atoms with Crippen molar-refractivity contribution in [3.8, 4) is 5.75 Å². The van der Waals surface area contributed by atoms with Gasteiger partial charge in [-0.15, -0.1) is 0 Å². The van der Waals surface area contributed by atoms with Crippen LogP contribution in [0.4, 0.5) is 5.69 Å². The van der Waals surface area contributed by atoms with Crippen molar-refractivity contribution in [1.29, 1.82) is 0 Å². The number of hydrogen-bond donors (Lipinski definition) is 2. The van der Waals surface area contributed by atoms with E-state index in [4.69, 9.17) is 0 Å². The fourth-order valence-corrected chi connectivity index (χ4v) is 5.56. The lowest BCUT2D eigenvalue weighted by atomic mass is 9.91. The number of benzene rings is 2. The molecule has 0 radical (unpaired) electrons. The molecular formula is C32H40N4O3. The summed E-state index contributed by atoms with van der Waals surface area (Å²) in [5.41, 5.74) is 5.35. The van der Waals surface area contributed by atoms with Crippen molar-refractivity contribution >= 4 is 18.0 Å². The number of piperidine rings is 1. The van der Waals surface area contributed by atoms with Crippen molar-refractivity contribution < 1.29 is 14.7 Å². The number of phenols is 1. The number of nitrogens with one attached hydrogen (secondary N) is 1. The molecule has 39 heavy (non-hydrogen) atoms. The molecule has 7 nitrogen and oxygen atoms in total. The molecule has 7 heteroatoms. The van der Waals surface area contributed by atoms with Gasteiger partial charge < -0.3 is 20.2 Å². The van der Waals surface area contributed by atoms with Crippen LogP contribution in [-0.2, 0) is 11.2 Å². The number of fused-ring (bicyclic) bond motifs is 1. The maximum atomic E-state index is 13.4. The molecule has 2 heterocycles. The highest BCUT2D eigenvalue weighted by molar-refractivity contribution is 5.94. The van der Waals surface area contributed by atoms with Crippen LogP contribution in [0.25, 0.3) is 0 Å². The number of hydrogen-bond acceptors (Lipinski definition) is 5. The first-order chi connectivity index (χ1) is 18.9. The highest BCUT2D eigenvalue weighted by Crippen LogP contribution is 2.41. The average Bonchev–Trinajstić information content (AvgIpc) is 3.39. The number of phenolic OH excluding ortho intramolecular Hbond substituents is 1. The molecule has 1 fully saturated rings. The molecule has 2 aromatic carbocycles. The highest BCUT2D eigenvalue weighted by atomic mass is 16.3. The molecule has 1 aliphatic carbocycles. The van der Waals surface area contributed by atoms with Crippen LogP contribution in [0.1, 0.15) is 66.1 Å². The second-order valence-electron chi connectivity index (χ2n) is 10.8. The van der Waals surface area contributed by atoms with Crippen LogP contribution in [0.5, 0.6) is 5.75 Å². The van der Waals surface area contributed by atoms with Crippen LogP contribution in [-0.4, -0.2) is 60.0 Å². The number of carbonyl (C=O) groups is 2. The van der Waals surface area contributed by atoms with Gasteiger partial charge in [-0.1, -0.05) is 38.1 Å². The van der Waals surface area contributed by atoms with Gasteiger partial charge in [-0.25, -0.2) is 0 Å². The van der Waals surface area contributed by atoms with Gasteiger partial charge >= 0.3 is 0 Å². The van der Waals surface area contributed by atoms with Gasteiger partial charge in [-0.2, -0.15) is 0 Å². The Kier molecular flexibility index (Phi) is 9.58. The summed E-state index contributed by atoms with van der Waals surface area (Å²) in [4.78, 5) is 31.3. The summed E-state index contributed by atoms with van der Waals surface area (Å²) in [6, 6.07) is 18.0. The Balaban J connectivity index is 0.000000448. The van der Waals surface area contributed by atoms with Crippen LogP contribution >= 0.6 is 0 Å². The average molecular weight is 529 g/mol. The van der Waals surface area contributed by atoms with Gasteiger partial charge in [0.05, 0.1) is 0 Å². The minimum absolute atomic E-state index is 0.0816. The van der Waals surface area contributed by atoms with E-state index in [1.54, 1.807) is 6.07 Å². The lowest BCUT2D eigenvalue weighted by molar-refractivity contribution is -0.109. The Hall–Kier alpha value is -3.87. The molecule has 3 aromatic rings. The van der Waals surface area contributed by atoms with Gasteiger partial charge in [0.2, 0.25) is 6.41 Å². The summed E-state index contributed by atoms with van der Waals surface area (Å²) in [6.45, 7) is 6.76. The maximum absolute atomic E-state index is 13.4. The van der Waals surface area contributed by atoms with Crippen LogP contribution in [0, 0.1) is 5.92 Å². The number of amides is 2. The Morgan fingerprint density at radius 2 is 1.79 bits per heavy atom. The SMILES string of the molecule is CC(C)CNC=O.CN(C(=O)c1ccc2c(c1)C(c1ccccc1O)CC2)C1CCN(c2ccncc2)CC1.